The Labute approximate surface area is 179 Å². The first kappa shape index (κ1) is 19.0. The van der Waals surface area contributed by atoms with Crippen LogP contribution in [0.3, 0.4) is 0 Å². The summed E-state index contributed by atoms with van der Waals surface area (Å²) >= 11 is 0. The molecule has 4 aromatic rings. The molecule has 1 amide bonds. The van der Waals surface area contributed by atoms with Crippen molar-refractivity contribution < 1.29 is 14.6 Å². The summed E-state index contributed by atoms with van der Waals surface area (Å²) in [4.78, 5) is 16.0. The number of ether oxygens (including phenoxy) is 1. The molecule has 2 heterocycles. The van der Waals surface area contributed by atoms with Gasteiger partial charge in [0.2, 0.25) is 0 Å². The van der Waals surface area contributed by atoms with E-state index in [1.807, 2.05) is 66.9 Å². The van der Waals surface area contributed by atoms with E-state index in [9.17, 15) is 9.90 Å². The molecule has 154 valence electrons. The van der Waals surface area contributed by atoms with Crippen molar-refractivity contribution in [1.82, 2.24) is 4.98 Å². The van der Waals surface area contributed by atoms with Crippen LogP contribution in [0.1, 0.15) is 21.5 Å². The van der Waals surface area contributed by atoms with Crippen molar-refractivity contribution in [3.05, 3.63) is 89.6 Å². The number of methoxy groups -OCH3 is 1. The molecule has 3 aromatic carbocycles. The molecule has 0 saturated carbocycles. The number of H-pyrrole nitrogens is 1. The first-order chi connectivity index (χ1) is 15.1. The van der Waals surface area contributed by atoms with E-state index in [0.29, 0.717) is 11.1 Å². The fraction of sp³-hybridized carbons (Fsp3) is 0.0800. The van der Waals surface area contributed by atoms with Crippen molar-refractivity contribution in [2.75, 3.05) is 17.7 Å². The van der Waals surface area contributed by atoms with Gasteiger partial charge in [0.25, 0.3) is 5.91 Å². The van der Waals surface area contributed by atoms with Gasteiger partial charge in [0.15, 0.2) is 6.23 Å². The van der Waals surface area contributed by atoms with Gasteiger partial charge >= 0.3 is 0 Å². The molecule has 1 aliphatic heterocycles. The van der Waals surface area contributed by atoms with Crippen molar-refractivity contribution in [3.63, 3.8) is 0 Å². The van der Waals surface area contributed by atoms with Gasteiger partial charge in [0.05, 0.1) is 7.11 Å². The predicted molar refractivity (Wildman–Crippen MR) is 123 cm³/mol. The minimum atomic E-state index is -0.863. The minimum absolute atomic E-state index is 0.202. The van der Waals surface area contributed by atoms with E-state index >= 15 is 0 Å². The fourth-order valence-corrected chi connectivity index (χ4v) is 3.84. The number of aromatic amines is 1. The highest BCUT2D eigenvalue weighted by Gasteiger charge is 2.26. The van der Waals surface area contributed by atoms with Crippen molar-refractivity contribution in [2.24, 2.45) is 0 Å². The van der Waals surface area contributed by atoms with E-state index in [2.05, 4.69) is 15.6 Å². The van der Waals surface area contributed by atoms with Gasteiger partial charge in [-0.3, -0.25) is 4.79 Å². The van der Waals surface area contributed by atoms with E-state index < -0.39 is 6.23 Å². The Bertz CT molecular complexity index is 1310. The molecule has 0 spiro atoms. The van der Waals surface area contributed by atoms with Gasteiger partial charge in [0, 0.05) is 50.7 Å². The second-order valence-electron chi connectivity index (χ2n) is 7.38. The molecule has 31 heavy (non-hydrogen) atoms. The molecule has 4 N–H and O–H groups in total. The lowest BCUT2D eigenvalue weighted by atomic mass is 10.0. The van der Waals surface area contributed by atoms with E-state index in [0.717, 1.165) is 39.2 Å². The third kappa shape index (κ3) is 3.53. The van der Waals surface area contributed by atoms with Gasteiger partial charge in [0.1, 0.15) is 5.75 Å². The number of fused-ring (bicyclic) bond motifs is 2. The van der Waals surface area contributed by atoms with Crippen molar-refractivity contribution >= 4 is 39.8 Å². The standard InChI is InChI=1S/C25H21N3O3/c1-31-18-8-10-22-19(13-18)16(14-26-22)12-21-20-11-15(7-9-23(20)28-25(21)30)24(29)27-17-5-3-2-4-6-17/h2-14,25-26,28,30H,1H3,(H,27,29). The summed E-state index contributed by atoms with van der Waals surface area (Å²) in [7, 11) is 1.63. The number of aromatic nitrogens is 1. The van der Waals surface area contributed by atoms with Crippen LogP contribution >= 0.6 is 0 Å². The first-order valence-corrected chi connectivity index (χ1v) is 9.94. The number of carbonyl (C=O) groups excluding carboxylic acids is 1. The van der Waals surface area contributed by atoms with Crippen LogP contribution in [0.5, 0.6) is 5.75 Å². The number of hydrogen-bond acceptors (Lipinski definition) is 4. The normalized spacial score (nSPS) is 16.2. The molecule has 0 saturated heterocycles. The number of benzene rings is 3. The number of aliphatic hydroxyl groups is 1. The van der Waals surface area contributed by atoms with Crippen molar-refractivity contribution in [2.45, 2.75) is 6.23 Å². The second kappa shape index (κ2) is 7.66. The molecule has 6 heteroatoms. The van der Waals surface area contributed by atoms with E-state index in [1.54, 1.807) is 19.2 Å². The lowest BCUT2D eigenvalue weighted by Gasteiger charge is -2.07. The number of aliphatic hydroxyl groups excluding tert-OH is 1. The highest BCUT2D eigenvalue weighted by Crippen LogP contribution is 2.37. The molecule has 0 bridgehead atoms. The van der Waals surface area contributed by atoms with Crippen molar-refractivity contribution in [1.29, 1.82) is 0 Å². The van der Waals surface area contributed by atoms with E-state index in [4.69, 9.17) is 4.74 Å². The molecular weight excluding hydrogens is 390 g/mol. The van der Waals surface area contributed by atoms with Crippen LogP contribution in [0.15, 0.2) is 72.9 Å². The molecule has 1 unspecified atom stereocenters. The van der Waals surface area contributed by atoms with Gasteiger partial charge in [-0.15, -0.1) is 0 Å². The number of amides is 1. The van der Waals surface area contributed by atoms with Gasteiger partial charge in [-0.25, -0.2) is 0 Å². The van der Waals surface area contributed by atoms with Crippen LogP contribution in [0, 0.1) is 0 Å². The highest BCUT2D eigenvalue weighted by atomic mass is 16.5. The summed E-state index contributed by atoms with van der Waals surface area (Å²) < 4.78 is 5.34. The predicted octanol–water partition coefficient (Wildman–Crippen LogP) is 4.71. The Hall–Kier alpha value is -4.03. The van der Waals surface area contributed by atoms with Gasteiger partial charge in [-0.2, -0.15) is 0 Å². The van der Waals surface area contributed by atoms with Crippen LogP contribution in [0.2, 0.25) is 0 Å². The summed E-state index contributed by atoms with van der Waals surface area (Å²) in [5.41, 5.74) is 5.44. The summed E-state index contributed by atoms with van der Waals surface area (Å²) in [5.74, 6) is 0.559. The summed E-state index contributed by atoms with van der Waals surface area (Å²) in [6, 6.07) is 20.5. The first-order valence-electron chi connectivity index (χ1n) is 9.94. The maximum absolute atomic E-state index is 12.7. The molecule has 0 fully saturated rings. The number of para-hydroxylation sites is 1. The summed E-state index contributed by atoms with van der Waals surface area (Å²) in [6.45, 7) is 0. The molecule has 0 radical (unpaired) electrons. The van der Waals surface area contributed by atoms with Gasteiger partial charge < -0.3 is 25.5 Å². The number of hydrogen-bond donors (Lipinski definition) is 4. The van der Waals surface area contributed by atoms with Gasteiger partial charge in [-0.1, -0.05) is 18.2 Å². The van der Waals surface area contributed by atoms with Gasteiger partial charge in [-0.05, 0) is 54.6 Å². The SMILES string of the molecule is COc1ccc2[nH]cc(C=C3c4cc(C(=O)Nc5ccccc5)ccc4NC3O)c2c1. The van der Waals surface area contributed by atoms with Crippen LogP contribution in [0.4, 0.5) is 11.4 Å². The van der Waals surface area contributed by atoms with E-state index in [1.165, 1.54) is 0 Å². The molecule has 1 atom stereocenters. The highest BCUT2D eigenvalue weighted by molar-refractivity contribution is 6.07. The zero-order chi connectivity index (χ0) is 21.4. The Morgan fingerprint density at radius 2 is 1.94 bits per heavy atom. The van der Waals surface area contributed by atoms with Crippen LogP contribution in [-0.4, -0.2) is 29.3 Å². The zero-order valence-electron chi connectivity index (χ0n) is 16.8. The minimum Gasteiger partial charge on any atom is -0.497 e. The average molecular weight is 411 g/mol. The van der Waals surface area contributed by atoms with Crippen LogP contribution in [0.25, 0.3) is 22.6 Å². The molecule has 1 aromatic heterocycles. The Balaban J connectivity index is 1.51. The summed E-state index contributed by atoms with van der Waals surface area (Å²) in [6.07, 6.45) is 2.96. The number of carbonyl (C=O) groups is 1. The largest absolute Gasteiger partial charge is 0.497 e. The Kier molecular flexibility index (Phi) is 4.69. The molecular formula is C25H21N3O3. The van der Waals surface area contributed by atoms with Crippen molar-refractivity contribution in [3.8, 4) is 5.75 Å². The van der Waals surface area contributed by atoms with Crippen LogP contribution < -0.4 is 15.4 Å². The molecule has 1 aliphatic rings. The zero-order valence-corrected chi connectivity index (χ0v) is 16.8. The number of rotatable bonds is 4. The lowest BCUT2D eigenvalue weighted by Crippen LogP contribution is -2.12. The molecule has 0 aliphatic carbocycles. The Morgan fingerprint density at radius 1 is 1.10 bits per heavy atom. The average Bonchev–Trinajstić information content (AvgIpc) is 3.34. The maximum Gasteiger partial charge on any atom is 0.255 e. The molecule has 6 nitrogen and oxygen atoms in total. The van der Waals surface area contributed by atoms with E-state index in [-0.39, 0.29) is 5.91 Å². The third-order valence-corrected chi connectivity index (χ3v) is 5.44. The quantitative estimate of drug-likeness (QED) is 0.392. The number of nitrogens with one attached hydrogen (secondary N) is 3. The lowest BCUT2D eigenvalue weighted by molar-refractivity contribution is 0.102. The second-order valence-corrected chi connectivity index (χ2v) is 7.38. The third-order valence-electron chi connectivity index (χ3n) is 5.44. The smallest absolute Gasteiger partial charge is 0.255 e. The topological polar surface area (TPSA) is 86.4 Å². The molecule has 5 rings (SSSR count). The fourth-order valence-electron chi connectivity index (χ4n) is 3.84. The monoisotopic (exact) mass is 411 g/mol. The Morgan fingerprint density at radius 3 is 2.74 bits per heavy atom. The van der Waals surface area contributed by atoms with Crippen LogP contribution in [-0.2, 0) is 0 Å². The maximum atomic E-state index is 12.7. The number of anilines is 2. The summed E-state index contributed by atoms with van der Waals surface area (Å²) in [5, 5.41) is 17.6.